The third-order valence-electron chi connectivity index (χ3n) is 2.62. The van der Waals surface area contributed by atoms with Crippen LogP contribution in [-0.2, 0) is 4.74 Å². The van der Waals surface area contributed by atoms with Gasteiger partial charge in [-0.15, -0.1) is 0 Å². The molecule has 3 nitrogen and oxygen atoms in total. The molecule has 1 atom stereocenters. The van der Waals surface area contributed by atoms with Crippen molar-refractivity contribution in [2.75, 3.05) is 26.8 Å². The third-order valence-corrected chi connectivity index (χ3v) is 2.62. The lowest BCUT2D eigenvalue weighted by atomic mass is 10.2. The summed E-state index contributed by atoms with van der Waals surface area (Å²) in [5, 5.41) is 3.48. The lowest BCUT2D eigenvalue weighted by Gasteiger charge is -2.34. The average Bonchev–Trinajstić information content (AvgIpc) is 2.14. The normalized spacial score (nSPS) is 14.2. The highest BCUT2D eigenvalue weighted by molar-refractivity contribution is 4.76. The van der Waals surface area contributed by atoms with Crippen molar-refractivity contribution in [2.24, 2.45) is 0 Å². The van der Waals surface area contributed by atoms with E-state index in [1.165, 1.54) is 0 Å². The molecule has 3 heteroatoms. The maximum Gasteiger partial charge on any atom is 0.0630 e. The maximum absolute atomic E-state index is 5.29. The Morgan fingerprint density at radius 1 is 1.20 bits per heavy atom. The molecular weight excluding hydrogens is 188 g/mol. The minimum atomic E-state index is 0.474. The summed E-state index contributed by atoms with van der Waals surface area (Å²) in [4.78, 5) is 2.47. The first-order valence-corrected chi connectivity index (χ1v) is 6.00. The molecule has 92 valence electrons. The topological polar surface area (TPSA) is 24.5 Å². The zero-order chi connectivity index (χ0) is 11.8. The minimum absolute atomic E-state index is 0.474. The van der Waals surface area contributed by atoms with Gasteiger partial charge >= 0.3 is 0 Å². The molecule has 0 amide bonds. The number of methoxy groups -OCH3 is 1. The molecule has 0 aromatic rings. The molecule has 0 fully saturated rings. The van der Waals surface area contributed by atoms with E-state index in [-0.39, 0.29) is 0 Å². The van der Waals surface area contributed by atoms with E-state index in [0.29, 0.717) is 18.1 Å². The molecule has 0 saturated heterocycles. The van der Waals surface area contributed by atoms with E-state index in [1.807, 2.05) is 0 Å². The van der Waals surface area contributed by atoms with Gasteiger partial charge in [0.15, 0.2) is 0 Å². The summed E-state index contributed by atoms with van der Waals surface area (Å²) in [5.41, 5.74) is 0. The molecule has 0 bridgehead atoms. The van der Waals surface area contributed by atoms with Crippen LogP contribution >= 0.6 is 0 Å². The van der Waals surface area contributed by atoms with Crippen LogP contribution in [0.5, 0.6) is 0 Å². The third kappa shape index (κ3) is 6.13. The number of nitrogens with zero attached hydrogens (tertiary/aromatic N) is 1. The predicted octanol–water partition coefficient (Wildman–Crippen LogP) is 1.73. The monoisotopic (exact) mass is 216 g/mol. The highest BCUT2D eigenvalue weighted by Crippen LogP contribution is 2.05. The van der Waals surface area contributed by atoms with Crippen LogP contribution in [0.15, 0.2) is 0 Å². The Labute approximate surface area is 95.2 Å². The molecule has 0 aromatic heterocycles. The predicted molar refractivity (Wildman–Crippen MR) is 66.3 cm³/mol. The number of hydrogen-bond acceptors (Lipinski definition) is 3. The van der Waals surface area contributed by atoms with Crippen molar-refractivity contribution in [3.05, 3.63) is 0 Å². The second-order valence-corrected chi connectivity index (χ2v) is 4.60. The standard InChI is InChI=1S/C12H28N2O/c1-7-14(11(4)5)12(9-15-6)8-13-10(2)3/h10-13H,7-9H2,1-6H3. The fraction of sp³-hybridized carbons (Fsp3) is 1.00. The van der Waals surface area contributed by atoms with Gasteiger partial charge < -0.3 is 10.1 Å². The van der Waals surface area contributed by atoms with Crippen molar-refractivity contribution >= 4 is 0 Å². The largest absolute Gasteiger partial charge is 0.383 e. The fourth-order valence-electron chi connectivity index (χ4n) is 1.88. The Balaban J connectivity index is 4.20. The van der Waals surface area contributed by atoms with Crippen molar-refractivity contribution in [1.82, 2.24) is 10.2 Å². The van der Waals surface area contributed by atoms with Gasteiger partial charge in [-0.25, -0.2) is 0 Å². The van der Waals surface area contributed by atoms with Gasteiger partial charge in [-0.2, -0.15) is 0 Å². The van der Waals surface area contributed by atoms with E-state index >= 15 is 0 Å². The molecular formula is C12H28N2O. The molecule has 0 aromatic carbocycles. The van der Waals surface area contributed by atoms with Crippen LogP contribution in [0.4, 0.5) is 0 Å². The second-order valence-electron chi connectivity index (χ2n) is 4.60. The van der Waals surface area contributed by atoms with Gasteiger partial charge in [-0.3, -0.25) is 4.90 Å². The van der Waals surface area contributed by atoms with E-state index < -0.39 is 0 Å². The molecule has 1 N–H and O–H groups in total. The van der Waals surface area contributed by atoms with Gasteiger partial charge in [-0.05, 0) is 20.4 Å². The Morgan fingerprint density at radius 3 is 2.13 bits per heavy atom. The first-order chi connectivity index (χ1) is 7.02. The van der Waals surface area contributed by atoms with Gasteiger partial charge in [0.05, 0.1) is 6.61 Å². The number of hydrogen-bond donors (Lipinski definition) is 1. The summed E-state index contributed by atoms with van der Waals surface area (Å²) in [6.45, 7) is 13.9. The Bertz CT molecular complexity index is 149. The number of likely N-dealkylation sites (N-methyl/N-ethyl adjacent to an activating group) is 1. The fourth-order valence-corrected chi connectivity index (χ4v) is 1.88. The van der Waals surface area contributed by atoms with Crippen molar-refractivity contribution < 1.29 is 4.74 Å². The zero-order valence-corrected chi connectivity index (χ0v) is 11.2. The molecule has 0 aliphatic rings. The van der Waals surface area contributed by atoms with E-state index in [2.05, 4.69) is 44.8 Å². The molecule has 0 aliphatic heterocycles. The van der Waals surface area contributed by atoms with E-state index in [4.69, 9.17) is 4.74 Å². The van der Waals surface area contributed by atoms with Crippen LogP contribution in [0.2, 0.25) is 0 Å². The SMILES string of the molecule is CCN(C(C)C)C(CNC(C)C)COC. The van der Waals surface area contributed by atoms with Crippen LogP contribution < -0.4 is 5.32 Å². The summed E-state index contributed by atoms with van der Waals surface area (Å²) in [7, 11) is 1.77. The number of nitrogens with one attached hydrogen (secondary N) is 1. The highest BCUT2D eigenvalue weighted by atomic mass is 16.5. The van der Waals surface area contributed by atoms with Crippen LogP contribution in [0.1, 0.15) is 34.6 Å². The van der Waals surface area contributed by atoms with E-state index in [9.17, 15) is 0 Å². The molecule has 0 radical (unpaired) electrons. The molecule has 0 heterocycles. The average molecular weight is 216 g/mol. The Hall–Kier alpha value is -0.120. The molecule has 1 unspecified atom stereocenters. The van der Waals surface area contributed by atoms with Gasteiger partial charge in [-0.1, -0.05) is 20.8 Å². The molecule has 15 heavy (non-hydrogen) atoms. The lowest BCUT2D eigenvalue weighted by molar-refractivity contribution is 0.0723. The lowest BCUT2D eigenvalue weighted by Crippen LogP contribution is -2.49. The smallest absolute Gasteiger partial charge is 0.0630 e. The Kier molecular flexibility index (Phi) is 8.02. The van der Waals surface area contributed by atoms with Crippen LogP contribution in [0, 0.1) is 0 Å². The number of rotatable bonds is 8. The second kappa shape index (κ2) is 8.08. The molecule has 0 saturated carbocycles. The van der Waals surface area contributed by atoms with E-state index in [1.54, 1.807) is 7.11 Å². The summed E-state index contributed by atoms with van der Waals surface area (Å²) in [6, 6.07) is 1.58. The van der Waals surface area contributed by atoms with Crippen molar-refractivity contribution in [1.29, 1.82) is 0 Å². The highest BCUT2D eigenvalue weighted by Gasteiger charge is 2.19. The van der Waals surface area contributed by atoms with Crippen molar-refractivity contribution in [3.63, 3.8) is 0 Å². The first kappa shape index (κ1) is 14.9. The van der Waals surface area contributed by atoms with Gasteiger partial charge in [0.1, 0.15) is 0 Å². The number of ether oxygens (including phenoxy) is 1. The zero-order valence-electron chi connectivity index (χ0n) is 11.2. The summed E-state index contributed by atoms with van der Waals surface area (Å²) < 4.78 is 5.29. The quantitative estimate of drug-likeness (QED) is 0.669. The first-order valence-electron chi connectivity index (χ1n) is 6.00. The van der Waals surface area contributed by atoms with Crippen LogP contribution in [-0.4, -0.2) is 49.8 Å². The summed E-state index contributed by atoms with van der Waals surface area (Å²) >= 11 is 0. The Morgan fingerprint density at radius 2 is 1.80 bits per heavy atom. The van der Waals surface area contributed by atoms with Crippen molar-refractivity contribution in [3.8, 4) is 0 Å². The maximum atomic E-state index is 5.29. The van der Waals surface area contributed by atoms with Gasteiger partial charge in [0.2, 0.25) is 0 Å². The molecule has 0 aliphatic carbocycles. The molecule has 0 rings (SSSR count). The van der Waals surface area contributed by atoms with E-state index in [0.717, 1.165) is 19.7 Å². The van der Waals surface area contributed by atoms with Crippen LogP contribution in [0.3, 0.4) is 0 Å². The van der Waals surface area contributed by atoms with Crippen molar-refractivity contribution in [2.45, 2.75) is 52.7 Å². The summed E-state index contributed by atoms with van der Waals surface area (Å²) in [6.07, 6.45) is 0. The van der Waals surface area contributed by atoms with Crippen LogP contribution in [0.25, 0.3) is 0 Å². The van der Waals surface area contributed by atoms with Gasteiger partial charge in [0, 0.05) is 31.8 Å². The minimum Gasteiger partial charge on any atom is -0.383 e. The molecule has 0 spiro atoms. The summed E-state index contributed by atoms with van der Waals surface area (Å²) in [5.74, 6) is 0. The van der Waals surface area contributed by atoms with Gasteiger partial charge in [0.25, 0.3) is 0 Å².